The standard InChI is InChI=1S/C3H7.C2H4NO2.Y/c1-3-2;1-2-3(4)5;/h1,3H2,2H3;1-2H2;/q2*-1;. The number of hydrogen-bond donors (Lipinski definition) is 0. The Balaban J connectivity index is -0.0000000800. The van der Waals surface area contributed by atoms with Crippen molar-refractivity contribution in [2.45, 2.75) is 13.3 Å². The van der Waals surface area contributed by atoms with Crippen LogP contribution >= 0.6 is 0 Å². The Morgan fingerprint density at radius 3 is 1.67 bits per heavy atom. The predicted octanol–water partition coefficient (Wildman–Crippen LogP) is 1.33. The number of hydrogen-bond acceptors (Lipinski definition) is 2. The summed E-state index contributed by atoms with van der Waals surface area (Å²) in [4.78, 5) is 8.62. The maximum atomic E-state index is 9.11. The van der Waals surface area contributed by atoms with E-state index in [0.29, 0.717) is 0 Å². The first kappa shape index (κ1) is 16.2. The second kappa shape index (κ2) is 15.8. The molecule has 0 aromatic rings. The Bertz CT molecular complexity index is 58.9. The van der Waals surface area contributed by atoms with Crippen LogP contribution in [0, 0.1) is 24.0 Å². The van der Waals surface area contributed by atoms with Gasteiger partial charge in [-0.2, -0.15) is 6.42 Å². The number of rotatable bonds is 1. The zero-order chi connectivity index (χ0) is 6.99. The Hall–Kier alpha value is 0.504. The molecule has 0 amide bonds. The molecule has 0 bridgehead atoms. The number of nitrogens with zero attached hydrogens (tertiary/aromatic N) is 1. The van der Waals surface area contributed by atoms with E-state index in [-0.39, 0.29) is 39.3 Å². The molecule has 0 N–H and O–H groups in total. The maximum absolute atomic E-state index is 9.11. The third-order valence-corrected chi connectivity index (χ3v) is 0.183. The van der Waals surface area contributed by atoms with Crippen molar-refractivity contribution >= 4 is 0 Å². The summed E-state index contributed by atoms with van der Waals surface area (Å²) in [6.45, 7) is 8.26. The van der Waals surface area contributed by atoms with Crippen molar-refractivity contribution in [3.63, 3.8) is 0 Å². The van der Waals surface area contributed by atoms with E-state index in [2.05, 4.69) is 13.8 Å². The van der Waals surface area contributed by atoms with Crippen LogP contribution in [0.3, 0.4) is 0 Å². The smallest absolute Gasteiger partial charge is 0.0867 e. The molecule has 53 valence electrons. The average molecular weight is 206 g/mol. The fourth-order valence-electron chi connectivity index (χ4n) is 0. The molecule has 0 aromatic carbocycles. The fourth-order valence-corrected chi connectivity index (χ4v) is 0. The Morgan fingerprint density at radius 1 is 1.56 bits per heavy atom. The summed E-state index contributed by atoms with van der Waals surface area (Å²) in [6, 6.07) is 0. The van der Waals surface area contributed by atoms with Crippen LogP contribution in [-0.4, -0.2) is 11.5 Å². The normalized spacial score (nSPS) is 6.11. The van der Waals surface area contributed by atoms with E-state index in [1.165, 1.54) is 0 Å². The van der Waals surface area contributed by atoms with E-state index in [9.17, 15) is 0 Å². The van der Waals surface area contributed by atoms with E-state index in [1.807, 2.05) is 6.92 Å². The largest absolute Gasteiger partial charge is 0.344 e. The molecule has 4 heteroatoms. The van der Waals surface area contributed by atoms with Crippen LogP contribution in [0.25, 0.3) is 0 Å². The quantitative estimate of drug-likeness (QED) is 0.369. The summed E-state index contributed by atoms with van der Waals surface area (Å²) < 4.78 is 0. The summed E-state index contributed by atoms with van der Waals surface area (Å²) in [6.07, 6.45) is 1.00. The molecule has 0 heterocycles. The van der Waals surface area contributed by atoms with Gasteiger partial charge < -0.3 is 6.92 Å². The molecule has 0 saturated heterocycles. The van der Waals surface area contributed by atoms with Crippen LogP contribution in [-0.2, 0) is 32.7 Å². The van der Waals surface area contributed by atoms with Gasteiger partial charge in [0.1, 0.15) is 0 Å². The molecule has 3 nitrogen and oxygen atoms in total. The molecule has 9 heavy (non-hydrogen) atoms. The molecule has 0 saturated carbocycles. The molecule has 0 aromatic heterocycles. The second-order valence-electron chi connectivity index (χ2n) is 1.06. The molecule has 0 fully saturated rings. The van der Waals surface area contributed by atoms with Gasteiger partial charge in [-0.15, -0.1) is 0 Å². The molecule has 0 rings (SSSR count). The van der Waals surface area contributed by atoms with Crippen molar-refractivity contribution in [2.75, 3.05) is 6.54 Å². The van der Waals surface area contributed by atoms with E-state index in [1.54, 1.807) is 0 Å². The van der Waals surface area contributed by atoms with Crippen molar-refractivity contribution in [1.29, 1.82) is 0 Å². The van der Waals surface area contributed by atoms with Gasteiger partial charge in [0, 0.05) is 32.7 Å². The van der Waals surface area contributed by atoms with Crippen molar-refractivity contribution in [2.24, 2.45) is 0 Å². The van der Waals surface area contributed by atoms with Crippen LogP contribution in [0.1, 0.15) is 13.3 Å². The number of nitro groups is 1. The van der Waals surface area contributed by atoms with Crippen molar-refractivity contribution in [3.05, 3.63) is 24.0 Å². The second-order valence-corrected chi connectivity index (χ2v) is 1.06. The van der Waals surface area contributed by atoms with E-state index in [0.717, 1.165) is 6.42 Å². The van der Waals surface area contributed by atoms with Gasteiger partial charge >= 0.3 is 0 Å². The summed E-state index contributed by atoms with van der Waals surface area (Å²) in [5.41, 5.74) is 0. The molecule has 1 radical (unpaired) electrons. The van der Waals surface area contributed by atoms with Crippen LogP contribution in [0.5, 0.6) is 0 Å². The zero-order valence-corrected chi connectivity index (χ0v) is 8.51. The minimum absolute atomic E-state index is 0. The van der Waals surface area contributed by atoms with Crippen LogP contribution < -0.4 is 0 Å². The zero-order valence-electron chi connectivity index (χ0n) is 5.67. The van der Waals surface area contributed by atoms with E-state index < -0.39 is 4.92 Å². The van der Waals surface area contributed by atoms with Crippen molar-refractivity contribution < 1.29 is 37.6 Å². The van der Waals surface area contributed by atoms with Gasteiger partial charge in [0.05, 0.1) is 6.54 Å². The molecular weight excluding hydrogens is 195 g/mol. The Morgan fingerprint density at radius 2 is 1.67 bits per heavy atom. The van der Waals surface area contributed by atoms with Gasteiger partial charge in [-0.3, -0.25) is 17.0 Å². The van der Waals surface area contributed by atoms with E-state index >= 15 is 0 Å². The Kier molecular flexibility index (Phi) is 28.5. The molecule has 0 spiro atoms. The van der Waals surface area contributed by atoms with Gasteiger partial charge in [-0.05, 0) is 4.92 Å². The van der Waals surface area contributed by atoms with Gasteiger partial charge in [-0.25, -0.2) is 0 Å². The fraction of sp³-hybridized carbons (Fsp3) is 0.600. The average Bonchev–Trinajstić information content (AvgIpc) is 1.69. The SMILES string of the molecule is [CH2-]CC.[CH2-]C[N+](=O)[O-].[Y]. The summed E-state index contributed by atoms with van der Waals surface area (Å²) in [5, 5.41) is 9.11. The van der Waals surface area contributed by atoms with Crippen molar-refractivity contribution in [1.82, 2.24) is 0 Å². The van der Waals surface area contributed by atoms with Crippen LogP contribution in [0.4, 0.5) is 0 Å². The van der Waals surface area contributed by atoms with Gasteiger partial charge in [0.2, 0.25) is 0 Å². The van der Waals surface area contributed by atoms with E-state index in [4.69, 9.17) is 10.1 Å². The van der Waals surface area contributed by atoms with Crippen LogP contribution in [0.15, 0.2) is 0 Å². The molecule has 0 aliphatic heterocycles. The molecule has 0 atom stereocenters. The monoisotopic (exact) mass is 206 g/mol. The van der Waals surface area contributed by atoms with Gasteiger partial charge in [0.15, 0.2) is 0 Å². The minimum atomic E-state index is -0.486. The van der Waals surface area contributed by atoms with Crippen LogP contribution in [0.2, 0.25) is 0 Å². The summed E-state index contributed by atoms with van der Waals surface area (Å²) >= 11 is 0. The van der Waals surface area contributed by atoms with Crippen molar-refractivity contribution in [3.8, 4) is 0 Å². The van der Waals surface area contributed by atoms with Gasteiger partial charge in [0.25, 0.3) is 0 Å². The molecular formula is C5H11NO2Y-2. The summed E-state index contributed by atoms with van der Waals surface area (Å²) in [7, 11) is 0. The predicted molar refractivity (Wildman–Crippen MR) is 32.9 cm³/mol. The first-order chi connectivity index (χ1) is 3.68. The van der Waals surface area contributed by atoms with Gasteiger partial charge in [-0.1, -0.05) is 6.92 Å². The Labute approximate surface area is 81.2 Å². The third kappa shape index (κ3) is 57.4. The first-order valence-corrected chi connectivity index (χ1v) is 2.39. The third-order valence-electron chi connectivity index (χ3n) is 0.183. The molecule has 0 unspecified atom stereocenters. The maximum Gasteiger partial charge on any atom is 0.0867 e. The topological polar surface area (TPSA) is 43.1 Å². The first-order valence-electron chi connectivity index (χ1n) is 2.39. The molecule has 0 aliphatic carbocycles. The summed E-state index contributed by atoms with van der Waals surface area (Å²) in [5.74, 6) is 0. The molecule has 0 aliphatic rings. The minimum Gasteiger partial charge on any atom is -0.344 e.